The lowest BCUT2D eigenvalue weighted by atomic mass is 9.84. The Bertz CT molecular complexity index is 628. The average molecular weight is 370 g/mol. The zero-order chi connectivity index (χ0) is 18.8. The van der Waals surface area contributed by atoms with Crippen LogP contribution in [0.3, 0.4) is 0 Å². The van der Waals surface area contributed by atoms with Gasteiger partial charge >= 0.3 is 0 Å². The van der Waals surface area contributed by atoms with Crippen molar-refractivity contribution in [3.05, 3.63) is 35.4 Å². The molecule has 2 fully saturated rings. The molecule has 0 radical (unpaired) electrons. The maximum atomic E-state index is 12.6. The van der Waals surface area contributed by atoms with Gasteiger partial charge in [-0.2, -0.15) is 0 Å². The number of likely N-dealkylation sites (N-methyl/N-ethyl adjacent to an activating group) is 1. The molecule has 1 heterocycles. The lowest BCUT2D eigenvalue weighted by Crippen LogP contribution is -2.47. The van der Waals surface area contributed by atoms with E-state index in [0.29, 0.717) is 18.1 Å². The van der Waals surface area contributed by atoms with E-state index in [1.807, 2.05) is 0 Å². The number of hydrogen-bond donors (Lipinski definition) is 2. The van der Waals surface area contributed by atoms with Gasteiger partial charge in [0, 0.05) is 31.7 Å². The van der Waals surface area contributed by atoms with E-state index >= 15 is 0 Å². The molecule has 2 N–H and O–H groups in total. The minimum atomic E-state index is 0.0128. The highest BCUT2D eigenvalue weighted by molar-refractivity contribution is 5.82. The minimum absolute atomic E-state index is 0.0128. The Balaban J connectivity index is 1.40. The molecule has 0 spiro atoms. The summed E-state index contributed by atoms with van der Waals surface area (Å²) in [5, 5.41) is 6.84. The van der Waals surface area contributed by atoms with Crippen LogP contribution in [0.4, 0.5) is 0 Å². The Labute approximate surface area is 164 Å². The minimum Gasteiger partial charge on any atom is -0.358 e. The second-order valence-electron chi connectivity index (χ2n) is 8.88. The number of hydrogen-bond acceptors (Lipinski definition) is 3. The van der Waals surface area contributed by atoms with Gasteiger partial charge in [0.2, 0.25) is 5.91 Å². The topological polar surface area (TPSA) is 44.4 Å². The summed E-state index contributed by atoms with van der Waals surface area (Å²) in [5.74, 6) is 1.11. The van der Waals surface area contributed by atoms with E-state index in [1.54, 1.807) is 7.05 Å². The molecule has 0 unspecified atom stereocenters. The molecule has 0 aromatic heterocycles. The highest BCUT2D eigenvalue weighted by atomic mass is 16.2. The van der Waals surface area contributed by atoms with Gasteiger partial charge in [0.25, 0.3) is 0 Å². The number of amides is 1. The zero-order valence-electron chi connectivity index (χ0n) is 16.9. The molecule has 1 saturated carbocycles. The fourth-order valence-corrected chi connectivity index (χ4v) is 5.65. The molecule has 4 heteroatoms. The lowest BCUT2D eigenvalue weighted by molar-refractivity contribution is -0.125. The molecule has 27 heavy (non-hydrogen) atoms. The first-order valence-electron chi connectivity index (χ1n) is 11.0. The molecule has 1 aliphatic heterocycles. The van der Waals surface area contributed by atoms with Gasteiger partial charge < -0.3 is 10.6 Å². The zero-order valence-corrected chi connectivity index (χ0v) is 16.9. The number of nitrogens with one attached hydrogen (secondary N) is 2. The molecule has 4 nitrogen and oxygen atoms in total. The molecule has 3 aliphatic rings. The quantitative estimate of drug-likeness (QED) is 0.839. The van der Waals surface area contributed by atoms with E-state index in [4.69, 9.17) is 0 Å². The van der Waals surface area contributed by atoms with Crippen LogP contribution in [0, 0.1) is 5.92 Å². The summed E-state index contributed by atoms with van der Waals surface area (Å²) in [6, 6.07) is 10.3. The van der Waals surface area contributed by atoms with Crippen LogP contribution in [-0.4, -0.2) is 48.6 Å². The monoisotopic (exact) mass is 369 g/mol. The van der Waals surface area contributed by atoms with Crippen molar-refractivity contribution in [3.8, 4) is 0 Å². The van der Waals surface area contributed by atoms with Crippen molar-refractivity contribution in [1.82, 2.24) is 15.5 Å². The molecule has 2 atom stereocenters. The maximum absolute atomic E-state index is 12.6. The molecule has 2 aliphatic carbocycles. The molecule has 0 bridgehead atoms. The van der Waals surface area contributed by atoms with Crippen LogP contribution in [0.25, 0.3) is 0 Å². The van der Waals surface area contributed by atoms with E-state index < -0.39 is 0 Å². The average Bonchev–Trinajstić information content (AvgIpc) is 3.32. The fourth-order valence-electron chi connectivity index (χ4n) is 5.65. The molecular weight excluding hydrogens is 334 g/mol. The van der Waals surface area contributed by atoms with Gasteiger partial charge in [-0.15, -0.1) is 0 Å². The van der Waals surface area contributed by atoms with Crippen LogP contribution < -0.4 is 10.6 Å². The maximum Gasteiger partial charge on any atom is 0.237 e. The third-order valence-corrected chi connectivity index (χ3v) is 7.28. The summed E-state index contributed by atoms with van der Waals surface area (Å²) in [5.41, 5.74) is 2.93. The first-order valence-corrected chi connectivity index (χ1v) is 11.0. The number of nitrogens with zero attached hydrogens (tertiary/aromatic N) is 1. The molecule has 4 rings (SSSR count). The van der Waals surface area contributed by atoms with Gasteiger partial charge in [-0.3, -0.25) is 9.69 Å². The Hall–Kier alpha value is -1.39. The van der Waals surface area contributed by atoms with Gasteiger partial charge in [-0.1, -0.05) is 37.6 Å². The highest BCUT2D eigenvalue weighted by Crippen LogP contribution is 2.32. The van der Waals surface area contributed by atoms with Crippen LogP contribution in [-0.2, 0) is 17.6 Å². The standard InChI is InChI=1S/C23H35N3O/c1-3-16-8-10-19(11-9-16)25-20-14-22(23(27)24-2)26(15-20)21-12-17-6-4-5-7-18(17)13-21/h4-7,16,19-22,25H,3,8-15H2,1-2H3,(H,24,27)/t16?,19?,20-,22-/m0/s1. The van der Waals surface area contributed by atoms with E-state index in [1.165, 1.54) is 43.2 Å². The van der Waals surface area contributed by atoms with Crippen molar-refractivity contribution in [1.29, 1.82) is 0 Å². The Morgan fingerprint density at radius 2 is 1.74 bits per heavy atom. The van der Waals surface area contributed by atoms with Gasteiger partial charge in [0.05, 0.1) is 6.04 Å². The van der Waals surface area contributed by atoms with E-state index in [0.717, 1.165) is 31.7 Å². The first kappa shape index (κ1) is 18.9. The second-order valence-corrected chi connectivity index (χ2v) is 8.88. The Morgan fingerprint density at radius 3 is 2.33 bits per heavy atom. The van der Waals surface area contributed by atoms with Crippen LogP contribution in [0.15, 0.2) is 24.3 Å². The second kappa shape index (κ2) is 8.32. The number of carbonyl (C=O) groups excluding carboxylic acids is 1. The number of benzene rings is 1. The van der Waals surface area contributed by atoms with E-state index in [-0.39, 0.29) is 11.9 Å². The largest absolute Gasteiger partial charge is 0.358 e. The molecular formula is C23H35N3O. The van der Waals surface area contributed by atoms with Crippen molar-refractivity contribution < 1.29 is 4.79 Å². The number of likely N-dealkylation sites (tertiary alicyclic amines) is 1. The first-order chi connectivity index (χ1) is 13.2. The summed E-state index contributed by atoms with van der Waals surface area (Å²) in [7, 11) is 1.77. The highest BCUT2D eigenvalue weighted by Gasteiger charge is 2.42. The molecule has 1 amide bonds. The summed E-state index contributed by atoms with van der Waals surface area (Å²) < 4.78 is 0. The van der Waals surface area contributed by atoms with Crippen molar-refractivity contribution in [2.75, 3.05) is 13.6 Å². The summed E-state index contributed by atoms with van der Waals surface area (Å²) in [6.07, 6.45) is 9.76. The van der Waals surface area contributed by atoms with E-state index in [9.17, 15) is 4.79 Å². The normalized spacial score (nSPS) is 31.8. The van der Waals surface area contributed by atoms with E-state index in [2.05, 4.69) is 46.7 Å². The number of rotatable bonds is 5. The summed E-state index contributed by atoms with van der Waals surface area (Å²) >= 11 is 0. The van der Waals surface area contributed by atoms with Crippen molar-refractivity contribution in [2.24, 2.45) is 5.92 Å². The third kappa shape index (κ3) is 4.07. The fraction of sp³-hybridized carbons (Fsp3) is 0.696. The SMILES string of the molecule is CCC1CCC(N[C@H]2C[C@@H](C(=O)NC)N(C3Cc4ccccc4C3)C2)CC1. The number of fused-ring (bicyclic) bond motifs is 1. The van der Waals surface area contributed by atoms with Crippen molar-refractivity contribution >= 4 is 5.91 Å². The smallest absolute Gasteiger partial charge is 0.237 e. The van der Waals surface area contributed by atoms with Crippen molar-refractivity contribution in [2.45, 2.75) is 82.5 Å². The summed E-state index contributed by atoms with van der Waals surface area (Å²) in [4.78, 5) is 15.1. The van der Waals surface area contributed by atoms with Gasteiger partial charge in [-0.25, -0.2) is 0 Å². The van der Waals surface area contributed by atoms with Crippen LogP contribution in [0.1, 0.15) is 56.6 Å². The predicted molar refractivity (Wildman–Crippen MR) is 110 cm³/mol. The predicted octanol–water partition coefficient (Wildman–Crippen LogP) is 2.90. The lowest BCUT2D eigenvalue weighted by Gasteiger charge is -2.31. The Morgan fingerprint density at radius 1 is 1.07 bits per heavy atom. The summed E-state index contributed by atoms with van der Waals surface area (Å²) in [6.45, 7) is 3.32. The number of carbonyl (C=O) groups is 1. The van der Waals surface area contributed by atoms with Crippen LogP contribution in [0.2, 0.25) is 0 Å². The van der Waals surface area contributed by atoms with Gasteiger partial charge in [-0.05, 0) is 62.0 Å². The molecule has 1 aromatic carbocycles. The molecule has 148 valence electrons. The van der Waals surface area contributed by atoms with Crippen molar-refractivity contribution in [3.63, 3.8) is 0 Å². The molecule has 1 aromatic rings. The van der Waals surface area contributed by atoms with Gasteiger partial charge in [0.15, 0.2) is 0 Å². The molecule has 1 saturated heterocycles. The Kier molecular flexibility index (Phi) is 5.84. The van der Waals surface area contributed by atoms with Crippen LogP contribution >= 0.6 is 0 Å². The van der Waals surface area contributed by atoms with Crippen LogP contribution in [0.5, 0.6) is 0 Å². The third-order valence-electron chi connectivity index (χ3n) is 7.28. The van der Waals surface area contributed by atoms with Gasteiger partial charge in [0.1, 0.15) is 0 Å².